The van der Waals surface area contributed by atoms with Crippen molar-refractivity contribution in [2.75, 3.05) is 20.0 Å². The van der Waals surface area contributed by atoms with Crippen LogP contribution in [0.15, 0.2) is 21.3 Å². The summed E-state index contributed by atoms with van der Waals surface area (Å²) in [7, 11) is 3.19. The first-order valence-corrected chi connectivity index (χ1v) is 8.65. The Bertz CT molecular complexity index is 903. The number of benzene rings is 1. The maximum absolute atomic E-state index is 6.07. The molecule has 0 fully saturated rings. The van der Waals surface area contributed by atoms with Crippen LogP contribution in [0.25, 0.3) is 11.2 Å². The fraction of sp³-hybridized carbons (Fsp3) is 0.214. The van der Waals surface area contributed by atoms with Gasteiger partial charge in [0.05, 0.1) is 36.0 Å². The number of nitrogens with two attached hydrogens (primary N) is 1. The molecule has 7 nitrogen and oxygen atoms in total. The Morgan fingerprint density at radius 3 is 2.38 bits per heavy atom. The van der Waals surface area contributed by atoms with Crippen LogP contribution < -0.4 is 15.2 Å². The topological polar surface area (TPSA) is 88.1 Å². The number of fused-ring (bicyclic) bond motifs is 1. The summed E-state index contributed by atoms with van der Waals surface area (Å²) in [5.74, 6) is 1.40. The van der Waals surface area contributed by atoms with Crippen molar-refractivity contribution < 1.29 is 9.47 Å². The molecule has 0 aliphatic heterocycles. The minimum Gasteiger partial charge on any atom is -0.495 e. The molecular weight excluding hydrogens is 465 g/mol. The van der Waals surface area contributed by atoms with Gasteiger partial charge in [0.2, 0.25) is 5.95 Å². The maximum Gasteiger partial charge on any atom is 0.223 e. The van der Waals surface area contributed by atoms with Crippen molar-refractivity contribution in [3.63, 3.8) is 0 Å². The van der Waals surface area contributed by atoms with Gasteiger partial charge in [-0.1, -0.05) is 11.6 Å². The van der Waals surface area contributed by atoms with Crippen LogP contribution in [-0.2, 0) is 6.54 Å². The largest absolute Gasteiger partial charge is 0.495 e. The number of aromatic nitrogens is 4. The van der Waals surface area contributed by atoms with Crippen LogP contribution in [-0.4, -0.2) is 33.7 Å². The van der Waals surface area contributed by atoms with E-state index in [1.165, 1.54) is 0 Å². The van der Waals surface area contributed by atoms with Crippen molar-refractivity contribution in [1.82, 2.24) is 19.5 Å². The van der Waals surface area contributed by atoms with Crippen molar-refractivity contribution in [3.05, 3.63) is 32.1 Å². The molecule has 126 valence electrons. The summed E-state index contributed by atoms with van der Waals surface area (Å²) in [6, 6.07) is 1.79. The van der Waals surface area contributed by atoms with Crippen molar-refractivity contribution >= 4 is 60.6 Å². The van der Waals surface area contributed by atoms with Gasteiger partial charge in [-0.2, -0.15) is 9.97 Å². The van der Waals surface area contributed by atoms with E-state index in [-0.39, 0.29) is 11.1 Å². The summed E-state index contributed by atoms with van der Waals surface area (Å²) in [6.07, 6.45) is 1.63. The van der Waals surface area contributed by atoms with Crippen LogP contribution in [0, 0.1) is 0 Å². The zero-order chi connectivity index (χ0) is 17.4. The van der Waals surface area contributed by atoms with Crippen LogP contribution >= 0.6 is 43.5 Å². The third kappa shape index (κ3) is 2.91. The molecule has 0 spiro atoms. The van der Waals surface area contributed by atoms with Gasteiger partial charge < -0.3 is 19.8 Å². The SMILES string of the molecule is COc1cc(OC)c(Br)c(Cn2cnc3c(Cl)nc(N)nc32)c1Br. The molecule has 0 bridgehead atoms. The zero-order valence-corrected chi connectivity index (χ0v) is 16.6. The smallest absolute Gasteiger partial charge is 0.223 e. The molecule has 0 saturated heterocycles. The molecule has 0 unspecified atom stereocenters. The van der Waals surface area contributed by atoms with Gasteiger partial charge in [-0.25, -0.2) is 4.98 Å². The molecular formula is C14H12Br2ClN5O2. The summed E-state index contributed by atoms with van der Waals surface area (Å²) in [4.78, 5) is 12.4. The van der Waals surface area contributed by atoms with Crippen LogP contribution in [0.4, 0.5) is 5.95 Å². The quantitative estimate of drug-likeness (QED) is 0.577. The Kier molecular flexibility index (Phi) is 4.84. The van der Waals surface area contributed by atoms with Crippen LogP contribution in [0.5, 0.6) is 11.5 Å². The number of imidazole rings is 1. The highest BCUT2D eigenvalue weighted by molar-refractivity contribution is 9.11. The normalized spacial score (nSPS) is 11.0. The van der Waals surface area contributed by atoms with E-state index in [4.69, 9.17) is 26.8 Å². The number of hydrogen-bond donors (Lipinski definition) is 1. The van der Waals surface area contributed by atoms with Crippen LogP contribution in [0.3, 0.4) is 0 Å². The summed E-state index contributed by atoms with van der Waals surface area (Å²) < 4.78 is 14.2. The Labute approximate surface area is 159 Å². The Morgan fingerprint density at radius 1 is 1.17 bits per heavy atom. The van der Waals surface area contributed by atoms with Gasteiger partial charge >= 0.3 is 0 Å². The van der Waals surface area contributed by atoms with Crippen molar-refractivity contribution in [1.29, 1.82) is 0 Å². The fourth-order valence-electron chi connectivity index (χ4n) is 2.29. The van der Waals surface area contributed by atoms with Gasteiger partial charge in [0.25, 0.3) is 0 Å². The van der Waals surface area contributed by atoms with E-state index in [9.17, 15) is 0 Å². The van der Waals surface area contributed by atoms with E-state index in [1.54, 1.807) is 26.6 Å². The standard InChI is InChI=1S/C14H12Br2ClN5O2/c1-23-7-3-8(24-2)10(16)6(9(7)15)4-22-5-19-11-12(17)20-14(18)21-13(11)22/h3,5H,4H2,1-2H3,(H2,18,20,21). The van der Waals surface area contributed by atoms with Gasteiger partial charge in [0, 0.05) is 11.6 Å². The highest BCUT2D eigenvalue weighted by atomic mass is 79.9. The van der Waals surface area contributed by atoms with Gasteiger partial charge in [0.1, 0.15) is 17.0 Å². The first-order chi connectivity index (χ1) is 11.5. The predicted octanol–water partition coefficient (Wildman–Crippen LogP) is 3.65. The molecule has 2 aromatic heterocycles. The number of nitrogen functional groups attached to an aromatic ring is 1. The number of halogens is 3. The fourth-order valence-corrected chi connectivity index (χ4v) is 3.97. The highest BCUT2D eigenvalue weighted by Crippen LogP contribution is 2.41. The lowest BCUT2D eigenvalue weighted by Crippen LogP contribution is -2.05. The molecule has 3 rings (SSSR count). The molecule has 0 radical (unpaired) electrons. The molecule has 0 aliphatic carbocycles. The predicted molar refractivity (Wildman–Crippen MR) is 98.8 cm³/mol. The average molecular weight is 478 g/mol. The molecule has 24 heavy (non-hydrogen) atoms. The molecule has 10 heteroatoms. The van der Waals surface area contributed by atoms with Gasteiger partial charge in [-0.15, -0.1) is 0 Å². The summed E-state index contributed by atoms with van der Waals surface area (Å²) in [5, 5.41) is 0.220. The minimum atomic E-state index is 0.0932. The third-order valence-corrected chi connectivity index (χ3v) is 5.43. The summed E-state index contributed by atoms with van der Waals surface area (Å²) in [5.41, 5.74) is 7.64. The number of hydrogen-bond acceptors (Lipinski definition) is 6. The number of anilines is 1. The second-order valence-electron chi connectivity index (χ2n) is 4.80. The lowest BCUT2D eigenvalue weighted by atomic mass is 10.2. The number of methoxy groups -OCH3 is 2. The van der Waals surface area contributed by atoms with E-state index < -0.39 is 0 Å². The lowest BCUT2D eigenvalue weighted by molar-refractivity contribution is 0.389. The number of rotatable bonds is 4. The van der Waals surface area contributed by atoms with E-state index >= 15 is 0 Å². The second kappa shape index (κ2) is 6.73. The molecule has 0 aliphatic rings. The molecule has 0 amide bonds. The third-order valence-electron chi connectivity index (χ3n) is 3.43. The van der Waals surface area contributed by atoms with Crippen LogP contribution in [0.2, 0.25) is 5.15 Å². The lowest BCUT2D eigenvalue weighted by Gasteiger charge is -2.15. The molecule has 0 saturated carbocycles. The zero-order valence-electron chi connectivity index (χ0n) is 12.7. The van der Waals surface area contributed by atoms with Crippen molar-refractivity contribution in [3.8, 4) is 11.5 Å². The summed E-state index contributed by atoms with van der Waals surface area (Å²) in [6.45, 7) is 0.442. The highest BCUT2D eigenvalue weighted by Gasteiger charge is 2.18. The molecule has 2 N–H and O–H groups in total. The van der Waals surface area contributed by atoms with E-state index in [0.29, 0.717) is 29.2 Å². The second-order valence-corrected chi connectivity index (χ2v) is 6.75. The molecule has 1 aromatic carbocycles. The Morgan fingerprint density at radius 2 is 1.79 bits per heavy atom. The molecule has 3 aromatic rings. The van der Waals surface area contributed by atoms with E-state index in [1.807, 2.05) is 4.57 Å². The van der Waals surface area contributed by atoms with E-state index in [2.05, 4.69) is 46.8 Å². The average Bonchev–Trinajstić information content (AvgIpc) is 2.95. The number of ether oxygens (including phenoxy) is 2. The first kappa shape index (κ1) is 17.2. The van der Waals surface area contributed by atoms with Gasteiger partial charge in [-0.05, 0) is 31.9 Å². The monoisotopic (exact) mass is 475 g/mol. The van der Waals surface area contributed by atoms with Gasteiger partial charge in [0.15, 0.2) is 10.8 Å². The molecule has 2 heterocycles. The first-order valence-electron chi connectivity index (χ1n) is 6.69. The van der Waals surface area contributed by atoms with E-state index in [0.717, 1.165) is 14.5 Å². The minimum absolute atomic E-state index is 0.0932. The van der Waals surface area contributed by atoms with Gasteiger partial charge in [-0.3, -0.25) is 0 Å². The molecule has 0 atom stereocenters. The number of nitrogens with zero attached hydrogens (tertiary/aromatic N) is 4. The van der Waals surface area contributed by atoms with Crippen molar-refractivity contribution in [2.45, 2.75) is 6.54 Å². The maximum atomic E-state index is 6.07. The Balaban J connectivity index is 2.15. The van der Waals surface area contributed by atoms with Crippen LogP contribution in [0.1, 0.15) is 5.56 Å². The Hall–Kier alpha value is -1.58. The summed E-state index contributed by atoms with van der Waals surface area (Å²) >= 11 is 13.2. The van der Waals surface area contributed by atoms with Crippen molar-refractivity contribution in [2.24, 2.45) is 0 Å².